The molecule has 0 aliphatic rings. The summed E-state index contributed by atoms with van der Waals surface area (Å²) in [6.07, 6.45) is 2.74. The molecule has 0 radical (unpaired) electrons. The van der Waals surface area contributed by atoms with Gasteiger partial charge in [-0.05, 0) is 17.7 Å². The summed E-state index contributed by atoms with van der Waals surface area (Å²) in [4.78, 5) is 27.4. The van der Waals surface area contributed by atoms with E-state index in [1.165, 1.54) is 17.1 Å². The maximum Gasteiger partial charge on any atom is 0.264 e. The van der Waals surface area contributed by atoms with Crippen molar-refractivity contribution in [1.29, 1.82) is 0 Å². The van der Waals surface area contributed by atoms with Crippen molar-refractivity contribution in [2.45, 2.75) is 13.1 Å². The van der Waals surface area contributed by atoms with E-state index < -0.39 is 5.91 Å². The highest BCUT2D eigenvalue weighted by molar-refractivity contribution is 6.30. The lowest BCUT2D eigenvalue weighted by molar-refractivity contribution is -0.118. The quantitative estimate of drug-likeness (QED) is 0.769. The van der Waals surface area contributed by atoms with Gasteiger partial charge in [0.1, 0.15) is 18.3 Å². The van der Waals surface area contributed by atoms with E-state index in [4.69, 9.17) is 17.3 Å². The summed E-state index contributed by atoms with van der Waals surface area (Å²) in [6, 6.07) is 7.33. The van der Waals surface area contributed by atoms with Crippen LogP contribution in [0, 0.1) is 0 Å². The van der Waals surface area contributed by atoms with Crippen LogP contribution in [0.4, 0.5) is 0 Å². The molecule has 0 unspecified atom stereocenters. The molecule has 0 atom stereocenters. The van der Waals surface area contributed by atoms with Crippen LogP contribution in [0.1, 0.15) is 5.56 Å². The highest BCUT2D eigenvalue weighted by atomic mass is 35.5. The van der Waals surface area contributed by atoms with Gasteiger partial charge in [0.25, 0.3) is 5.56 Å². The summed E-state index contributed by atoms with van der Waals surface area (Å²) in [6.45, 7) is 0.261. The van der Waals surface area contributed by atoms with Crippen molar-refractivity contribution in [3.63, 3.8) is 0 Å². The van der Waals surface area contributed by atoms with Crippen molar-refractivity contribution in [2.75, 3.05) is 0 Å². The maximum atomic E-state index is 12.2. The molecule has 0 saturated carbocycles. The molecule has 22 heavy (non-hydrogen) atoms. The van der Waals surface area contributed by atoms with Gasteiger partial charge in [0, 0.05) is 5.02 Å². The Hall–Kier alpha value is -2.67. The molecule has 3 aromatic rings. The van der Waals surface area contributed by atoms with E-state index in [0.717, 1.165) is 5.56 Å². The number of carbonyl (C=O) groups is 1. The van der Waals surface area contributed by atoms with Crippen molar-refractivity contribution < 1.29 is 4.79 Å². The van der Waals surface area contributed by atoms with Crippen LogP contribution >= 0.6 is 11.6 Å². The summed E-state index contributed by atoms with van der Waals surface area (Å²) in [7, 11) is 0. The fourth-order valence-electron chi connectivity index (χ4n) is 2.16. The SMILES string of the molecule is NC(=O)Cn1cnc2c(cnn2Cc2ccc(Cl)cc2)c1=O. The summed E-state index contributed by atoms with van der Waals surface area (Å²) in [5.41, 5.74) is 6.20. The lowest BCUT2D eigenvalue weighted by Crippen LogP contribution is -2.28. The van der Waals surface area contributed by atoms with Crippen LogP contribution in [0.25, 0.3) is 11.0 Å². The molecule has 0 fully saturated rings. The van der Waals surface area contributed by atoms with Crippen molar-refractivity contribution in [1.82, 2.24) is 19.3 Å². The second-order valence-electron chi connectivity index (χ2n) is 4.81. The van der Waals surface area contributed by atoms with Gasteiger partial charge in [-0.3, -0.25) is 14.2 Å². The number of nitrogens with zero attached hydrogens (tertiary/aromatic N) is 4. The van der Waals surface area contributed by atoms with Crippen molar-refractivity contribution in [3.8, 4) is 0 Å². The van der Waals surface area contributed by atoms with E-state index in [2.05, 4.69) is 10.1 Å². The average Bonchev–Trinajstić information content (AvgIpc) is 2.88. The molecule has 2 heterocycles. The van der Waals surface area contributed by atoms with Crippen LogP contribution in [0.15, 0.2) is 41.6 Å². The molecular formula is C14H12ClN5O2. The van der Waals surface area contributed by atoms with Crippen LogP contribution in [-0.4, -0.2) is 25.2 Å². The fourth-order valence-corrected chi connectivity index (χ4v) is 2.28. The van der Waals surface area contributed by atoms with Gasteiger partial charge < -0.3 is 5.73 Å². The minimum Gasteiger partial charge on any atom is -0.368 e. The number of carbonyl (C=O) groups excluding carboxylic acids is 1. The number of primary amides is 1. The van der Waals surface area contributed by atoms with Gasteiger partial charge in [-0.25, -0.2) is 9.67 Å². The molecule has 0 bridgehead atoms. The molecule has 2 aromatic heterocycles. The summed E-state index contributed by atoms with van der Waals surface area (Å²) in [5, 5.41) is 5.19. The number of amides is 1. The van der Waals surface area contributed by atoms with E-state index in [0.29, 0.717) is 22.6 Å². The van der Waals surface area contributed by atoms with E-state index in [-0.39, 0.29) is 12.1 Å². The van der Waals surface area contributed by atoms with Crippen LogP contribution in [0.3, 0.4) is 0 Å². The summed E-state index contributed by atoms with van der Waals surface area (Å²) in [5.74, 6) is -0.600. The van der Waals surface area contributed by atoms with E-state index >= 15 is 0 Å². The number of nitrogens with two attached hydrogens (primary N) is 1. The first kappa shape index (κ1) is 14.3. The largest absolute Gasteiger partial charge is 0.368 e. The summed E-state index contributed by atoms with van der Waals surface area (Å²) < 4.78 is 2.79. The highest BCUT2D eigenvalue weighted by Gasteiger charge is 2.11. The van der Waals surface area contributed by atoms with Gasteiger partial charge in [-0.1, -0.05) is 23.7 Å². The van der Waals surface area contributed by atoms with Gasteiger partial charge in [0.05, 0.1) is 12.7 Å². The number of halogens is 1. The zero-order chi connectivity index (χ0) is 15.7. The Morgan fingerprint density at radius 2 is 2.00 bits per heavy atom. The van der Waals surface area contributed by atoms with Gasteiger partial charge in [0.2, 0.25) is 5.91 Å². The number of fused-ring (bicyclic) bond motifs is 1. The standard InChI is InChI=1S/C14H12ClN5O2/c15-10-3-1-9(2-4-10)6-20-13-11(5-18-20)14(22)19(8-17-13)7-12(16)21/h1-5,8H,6-7H2,(H2,16,21). The topological polar surface area (TPSA) is 95.8 Å². The predicted octanol–water partition coefficient (Wildman–Crippen LogP) is 0.780. The predicted molar refractivity (Wildman–Crippen MR) is 81.5 cm³/mol. The smallest absolute Gasteiger partial charge is 0.264 e. The van der Waals surface area contributed by atoms with Crippen LogP contribution in [0.2, 0.25) is 5.02 Å². The highest BCUT2D eigenvalue weighted by Crippen LogP contribution is 2.12. The molecule has 0 aliphatic heterocycles. The molecule has 0 aliphatic carbocycles. The molecule has 7 nitrogen and oxygen atoms in total. The summed E-state index contributed by atoms with van der Waals surface area (Å²) >= 11 is 5.85. The number of hydrogen-bond acceptors (Lipinski definition) is 4. The van der Waals surface area contributed by atoms with Crippen LogP contribution in [0.5, 0.6) is 0 Å². The molecular weight excluding hydrogens is 306 g/mol. The third kappa shape index (κ3) is 2.71. The molecule has 1 aromatic carbocycles. The van der Waals surface area contributed by atoms with Crippen molar-refractivity contribution in [3.05, 3.63) is 57.7 Å². The molecule has 0 spiro atoms. The average molecular weight is 318 g/mol. The number of aromatic nitrogens is 4. The first-order valence-corrected chi connectivity index (χ1v) is 6.86. The minimum absolute atomic E-state index is 0.204. The Morgan fingerprint density at radius 1 is 1.27 bits per heavy atom. The number of benzene rings is 1. The normalized spacial score (nSPS) is 11.0. The third-order valence-corrected chi connectivity index (χ3v) is 3.45. The van der Waals surface area contributed by atoms with Crippen LogP contribution in [-0.2, 0) is 17.9 Å². The lowest BCUT2D eigenvalue weighted by Gasteiger charge is -2.05. The first-order chi connectivity index (χ1) is 10.5. The number of rotatable bonds is 4. The van der Waals surface area contributed by atoms with E-state index in [1.807, 2.05) is 12.1 Å². The van der Waals surface area contributed by atoms with Crippen molar-refractivity contribution >= 4 is 28.5 Å². The van der Waals surface area contributed by atoms with Gasteiger partial charge in [-0.15, -0.1) is 0 Å². The zero-order valence-corrected chi connectivity index (χ0v) is 12.2. The Kier molecular flexibility index (Phi) is 3.64. The Bertz CT molecular complexity index is 898. The molecule has 8 heteroatoms. The van der Waals surface area contributed by atoms with Gasteiger partial charge in [0.15, 0.2) is 5.65 Å². The number of hydrogen-bond donors (Lipinski definition) is 1. The second kappa shape index (κ2) is 5.61. The Balaban J connectivity index is 1.99. The first-order valence-electron chi connectivity index (χ1n) is 6.48. The Morgan fingerprint density at radius 3 is 2.68 bits per heavy atom. The van der Waals surface area contributed by atoms with E-state index in [9.17, 15) is 9.59 Å². The maximum absolute atomic E-state index is 12.2. The van der Waals surface area contributed by atoms with E-state index in [1.54, 1.807) is 16.8 Å². The Labute approximate surface area is 129 Å². The van der Waals surface area contributed by atoms with Crippen LogP contribution < -0.4 is 11.3 Å². The molecule has 2 N–H and O–H groups in total. The second-order valence-corrected chi connectivity index (χ2v) is 5.25. The monoisotopic (exact) mass is 317 g/mol. The van der Waals surface area contributed by atoms with Crippen molar-refractivity contribution in [2.24, 2.45) is 5.73 Å². The molecule has 3 rings (SSSR count). The fraction of sp³-hybridized carbons (Fsp3) is 0.143. The lowest BCUT2D eigenvalue weighted by atomic mass is 10.2. The minimum atomic E-state index is -0.600. The molecule has 1 amide bonds. The third-order valence-electron chi connectivity index (χ3n) is 3.19. The van der Waals surface area contributed by atoms with Gasteiger partial charge >= 0.3 is 0 Å². The molecule has 0 saturated heterocycles. The van der Waals surface area contributed by atoms with Gasteiger partial charge in [-0.2, -0.15) is 5.10 Å². The molecule has 112 valence electrons. The zero-order valence-electron chi connectivity index (χ0n) is 11.4.